The number of hydrogen-bond donors (Lipinski definition) is 1. The number of halogens is 4. The Balaban J connectivity index is 1.98. The molecular formula is C18H19ClF3NO. The van der Waals surface area contributed by atoms with Crippen LogP contribution in [0, 0.1) is 0 Å². The Hall–Kier alpha value is -1.72. The van der Waals surface area contributed by atoms with Crippen LogP contribution >= 0.6 is 11.6 Å². The van der Waals surface area contributed by atoms with E-state index in [2.05, 4.69) is 5.32 Å². The van der Waals surface area contributed by atoms with E-state index in [0.717, 1.165) is 5.56 Å². The summed E-state index contributed by atoms with van der Waals surface area (Å²) in [6.07, 6.45) is -3.20. The van der Waals surface area contributed by atoms with E-state index in [9.17, 15) is 13.2 Å². The van der Waals surface area contributed by atoms with E-state index >= 15 is 0 Å². The minimum Gasteiger partial charge on any atom is -0.497 e. The molecule has 0 saturated heterocycles. The summed E-state index contributed by atoms with van der Waals surface area (Å²) in [6, 6.07) is 11.6. The molecule has 2 aromatic rings. The van der Waals surface area contributed by atoms with Crippen molar-refractivity contribution in [3.63, 3.8) is 0 Å². The first-order valence-electron chi connectivity index (χ1n) is 7.59. The van der Waals surface area contributed by atoms with Crippen LogP contribution in [-0.4, -0.2) is 19.8 Å². The van der Waals surface area contributed by atoms with E-state index in [1.54, 1.807) is 18.2 Å². The number of aryl methyl sites for hydroxylation is 1. The van der Waals surface area contributed by atoms with Gasteiger partial charge in [-0.1, -0.05) is 41.9 Å². The maximum absolute atomic E-state index is 13.3. The third-order valence-electron chi connectivity index (χ3n) is 3.68. The van der Waals surface area contributed by atoms with Crippen LogP contribution in [0.15, 0.2) is 48.5 Å². The molecular weight excluding hydrogens is 339 g/mol. The monoisotopic (exact) mass is 357 g/mol. The highest BCUT2D eigenvalue weighted by Crippen LogP contribution is 2.34. The minimum atomic E-state index is -4.38. The first kappa shape index (κ1) is 18.6. The molecule has 0 aliphatic carbocycles. The van der Waals surface area contributed by atoms with Crippen molar-refractivity contribution in [2.75, 3.05) is 13.7 Å². The average Bonchev–Trinajstić information content (AvgIpc) is 2.55. The Morgan fingerprint density at radius 3 is 2.54 bits per heavy atom. The molecule has 0 fully saturated rings. The van der Waals surface area contributed by atoms with Gasteiger partial charge in [-0.3, -0.25) is 0 Å². The van der Waals surface area contributed by atoms with Gasteiger partial charge in [-0.15, -0.1) is 0 Å². The van der Waals surface area contributed by atoms with Crippen LogP contribution in [0.1, 0.15) is 23.6 Å². The second-order valence-corrected chi connectivity index (χ2v) is 5.81. The molecule has 2 nitrogen and oxygen atoms in total. The molecule has 1 atom stereocenters. The largest absolute Gasteiger partial charge is 0.497 e. The van der Waals surface area contributed by atoms with E-state index < -0.39 is 12.2 Å². The van der Waals surface area contributed by atoms with Crippen LogP contribution in [0.4, 0.5) is 13.2 Å². The van der Waals surface area contributed by atoms with Crippen LogP contribution in [0.5, 0.6) is 5.75 Å². The van der Waals surface area contributed by atoms with Crippen molar-refractivity contribution in [2.45, 2.75) is 25.1 Å². The molecule has 0 saturated carbocycles. The number of alkyl halides is 3. The van der Waals surface area contributed by atoms with Gasteiger partial charge in [-0.25, -0.2) is 0 Å². The lowest BCUT2D eigenvalue weighted by atomic mass is 10.1. The van der Waals surface area contributed by atoms with Crippen molar-refractivity contribution in [1.82, 2.24) is 5.32 Å². The Morgan fingerprint density at radius 2 is 1.88 bits per heavy atom. The molecule has 0 aliphatic rings. The molecule has 0 unspecified atom stereocenters. The van der Waals surface area contributed by atoms with Crippen LogP contribution in [0.25, 0.3) is 0 Å². The van der Waals surface area contributed by atoms with Crippen molar-refractivity contribution in [2.24, 2.45) is 0 Å². The maximum Gasteiger partial charge on any atom is 0.407 e. The van der Waals surface area contributed by atoms with Gasteiger partial charge in [0.05, 0.1) is 7.11 Å². The van der Waals surface area contributed by atoms with E-state index in [4.69, 9.17) is 16.3 Å². The summed E-state index contributed by atoms with van der Waals surface area (Å²) in [5, 5.41) is 3.23. The van der Waals surface area contributed by atoms with Gasteiger partial charge < -0.3 is 10.1 Å². The van der Waals surface area contributed by atoms with Crippen LogP contribution in [0.2, 0.25) is 5.02 Å². The van der Waals surface area contributed by atoms with Crippen molar-refractivity contribution in [1.29, 1.82) is 0 Å². The quantitative estimate of drug-likeness (QED) is 0.690. The molecule has 0 bridgehead atoms. The maximum atomic E-state index is 13.3. The summed E-state index contributed by atoms with van der Waals surface area (Å²) in [4.78, 5) is 0. The molecule has 1 N–H and O–H groups in total. The molecule has 6 heteroatoms. The van der Waals surface area contributed by atoms with Gasteiger partial charge >= 0.3 is 6.18 Å². The molecule has 130 valence electrons. The van der Waals surface area contributed by atoms with Crippen LogP contribution in [0.3, 0.4) is 0 Å². The van der Waals surface area contributed by atoms with Gasteiger partial charge in [-0.2, -0.15) is 13.2 Å². The number of hydrogen-bond acceptors (Lipinski definition) is 2. The molecule has 2 rings (SSSR count). The van der Waals surface area contributed by atoms with Gasteiger partial charge in [-0.05, 0) is 48.7 Å². The van der Waals surface area contributed by atoms with Crippen molar-refractivity contribution in [3.8, 4) is 5.75 Å². The molecule has 0 radical (unpaired) electrons. The third-order valence-corrected chi connectivity index (χ3v) is 4.05. The van der Waals surface area contributed by atoms with E-state index in [-0.39, 0.29) is 12.1 Å². The zero-order valence-electron chi connectivity index (χ0n) is 13.2. The lowest BCUT2D eigenvalue weighted by Gasteiger charge is -2.22. The van der Waals surface area contributed by atoms with Crippen LogP contribution in [-0.2, 0) is 6.42 Å². The van der Waals surface area contributed by atoms with Gasteiger partial charge in [0.15, 0.2) is 0 Å². The summed E-state index contributed by atoms with van der Waals surface area (Å²) in [6.45, 7) is 0.229. The fraction of sp³-hybridized carbons (Fsp3) is 0.333. The first-order valence-corrected chi connectivity index (χ1v) is 7.97. The Labute approximate surface area is 144 Å². The number of ether oxygens (including phenoxy) is 1. The second kappa shape index (κ2) is 8.40. The van der Waals surface area contributed by atoms with E-state index in [0.29, 0.717) is 23.6 Å². The summed E-state index contributed by atoms with van der Waals surface area (Å²) in [5.74, 6) is 0.402. The SMILES string of the molecule is COc1cccc([C@@H](NCCCc2ccccc2Cl)C(F)(F)F)c1. The normalized spacial score (nSPS) is 12.9. The Morgan fingerprint density at radius 1 is 1.12 bits per heavy atom. The summed E-state index contributed by atoms with van der Waals surface area (Å²) in [5.41, 5.74) is 1.07. The third kappa shape index (κ3) is 5.14. The predicted molar refractivity (Wildman–Crippen MR) is 89.6 cm³/mol. The van der Waals surface area contributed by atoms with Crippen LogP contribution < -0.4 is 10.1 Å². The van der Waals surface area contributed by atoms with Crippen molar-refractivity contribution >= 4 is 11.6 Å². The zero-order chi connectivity index (χ0) is 17.6. The molecule has 0 heterocycles. The molecule has 0 aromatic heterocycles. The fourth-order valence-corrected chi connectivity index (χ4v) is 2.70. The van der Waals surface area contributed by atoms with Gasteiger partial charge in [0.2, 0.25) is 0 Å². The zero-order valence-corrected chi connectivity index (χ0v) is 14.0. The fourth-order valence-electron chi connectivity index (χ4n) is 2.47. The molecule has 2 aromatic carbocycles. The van der Waals surface area contributed by atoms with E-state index in [1.165, 1.54) is 19.2 Å². The average molecular weight is 358 g/mol. The first-order chi connectivity index (χ1) is 11.4. The Bertz CT molecular complexity index is 661. The summed E-state index contributed by atoms with van der Waals surface area (Å²) < 4.78 is 45.0. The molecule has 0 aliphatic heterocycles. The van der Waals surface area contributed by atoms with E-state index in [1.807, 2.05) is 18.2 Å². The smallest absolute Gasteiger partial charge is 0.407 e. The number of benzene rings is 2. The van der Waals surface area contributed by atoms with Gasteiger partial charge in [0, 0.05) is 5.02 Å². The van der Waals surface area contributed by atoms with Gasteiger partial charge in [0.25, 0.3) is 0 Å². The lowest BCUT2D eigenvalue weighted by Crippen LogP contribution is -2.34. The molecule has 0 amide bonds. The van der Waals surface area contributed by atoms with Crippen molar-refractivity contribution < 1.29 is 17.9 Å². The highest BCUT2D eigenvalue weighted by molar-refractivity contribution is 6.31. The molecule has 0 spiro atoms. The second-order valence-electron chi connectivity index (χ2n) is 5.40. The standard InChI is InChI=1S/C18H19ClF3NO/c1-24-15-9-4-7-14(12-15)17(18(20,21)22)23-11-5-8-13-6-2-3-10-16(13)19/h2-4,6-7,9-10,12,17,23H,5,8,11H2,1H3/t17-/m1/s1. The lowest BCUT2D eigenvalue weighted by molar-refractivity contribution is -0.157. The highest BCUT2D eigenvalue weighted by atomic mass is 35.5. The summed E-state index contributed by atoms with van der Waals surface area (Å²) in [7, 11) is 1.43. The number of methoxy groups -OCH3 is 1. The highest BCUT2D eigenvalue weighted by Gasteiger charge is 2.40. The minimum absolute atomic E-state index is 0.139. The van der Waals surface area contributed by atoms with Crippen molar-refractivity contribution in [3.05, 3.63) is 64.7 Å². The number of rotatable bonds is 7. The Kier molecular flexibility index (Phi) is 6.52. The topological polar surface area (TPSA) is 21.3 Å². The molecule has 24 heavy (non-hydrogen) atoms. The predicted octanol–water partition coefficient (Wildman–Crippen LogP) is 5.17. The summed E-state index contributed by atoms with van der Waals surface area (Å²) >= 11 is 6.05. The van der Waals surface area contributed by atoms with Gasteiger partial charge in [0.1, 0.15) is 11.8 Å². The number of nitrogens with one attached hydrogen (secondary N) is 1.